The first-order chi connectivity index (χ1) is 18.1. The number of benzene rings is 1. The fourth-order valence-electron chi connectivity index (χ4n) is 5.99. The molecule has 2 aliphatic heterocycles. The Hall–Kier alpha value is -3.30. The van der Waals surface area contributed by atoms with Gasteiger partial charge in [0.2, 0.25) is 5.60 Å². The summed E-state index contributed by atoms with van der Waals surface area (Å²) in [6.07, 6.45) is 2.25. The van der Waals surface area contributed by atoms with E-state index in [1.165, 1.54) is 18.5 Å². The van der Waals surface area contributed by atoms with Gasteiger partial charge in [-0.15, -0.1) is 0 Å². The molecule has 1 aromatic carbocycles. The van der Waals surface area contributed by atoms with Crippen molar-refractivity contribution in [2.24, 2.45) is 0 Å². The van der Waals surface area contributed by atoms with Crippen molar-refractivity contribution in [3.8, 4) is 11.4 Å². The zero-order valence-corrected chi connectivity index (χ0v) is 23.7. The van der Waals surface area contributed by atoms with Crippen molar-refractivity contribution < 1.29 is 24.8 Å². The van der Waals surface area contributed by atoms with Gasteiger partial charge >= 0.3 is 11.9 Å². The number of rotatable bonds is 8. The Morgan fingerprint density at radius 1 is 1.21 bits per heavy atom. The molecule has 4 heterocycles. The lowest BCUT2D eigenvalue weighted by molar-refractivity contribution is -0.367. The number of cyclic esters (lactones) is 1. The minimum Gasteiger partial charge on any atom is -0.457 e. The number of carbonyl (C=O) groups excluding carboxylic acids is 2. The van der Waals surface area contributed by atoms with Gasteiger partial charge in [-0.05, 0) is 37.0 Å². The van der Waals surface area contributed by atoms with Crippen molar-refractivity contribution in [1.82, 2.24) is 9.55 Å². The van der Waals surface area contributed by atoms with E-state index >= 15 is 0 Å². The number of para-hydroxylation sites is 1. The molecular formula is C29H36N3O5Si+. The highest BCUT2D eigenvalue weighted by Gasteiger charge is 2.50. The zero-order valence-electron chi connectivity index (χ0n) is 22.7. The Morgan fingerprint density at radius 2 is 1.97 bits per heavy atom. The third-order valence-corrected chi connectivity index (χ3v) is 11.5. The van der Waals surface area contributed by atoms with Crippen molar-refractivity contribution in [2.45, 2.75) is 77.0 Å². The number of ether oxygens (including phenoxy) is 2. The summed E-state index contributed by atoms with van der Waals surface area (Å²) in [6, 6.07) is 12.4. The van der Waals surface area contributed by atoms with Crippen molar-refractivity contribution in [2.75, 3.05) is 6.54 Å². The SMILES string of the molecule is CCC1(OC(C)=O)C(=O)OCc2c1cc1n(c2=O)Cc2c-1nc1ccccc1c2CC[Si](C)(C)CCC[NH3+]. The number of quaternary nitrogens is 1. The zero-order chi connectivity index (χ0) is 27.2. The number of hydrogen-bond donors (Lipinski definition) is 1. The summed E-state index contributed by atoms with van der Waals surface area (Å²) in [5, 5.41) is 1.13. The first kappa shape index (κ1) is 26.3. The maximum atomic E-state index is 13.8. The molecule has 0 bridgehead atoms. The van der Waals surface area contributed by atoms with Crippen molar-refractivity contribution >= 4 is 30.9 Å². The van der Waals surface area contributed by atoms with Crippen LogP contribution in [0, 0.1) is 0 Å². The molecule has 0 radical (unpaired) electrons. The average molecular weight is 535 g/mol. The molecule has 200 valence electrons. The van der Waals surface area contributed by atoms with E-state index in [-0.39, 0.29) is 18.6 Å². The van der Waals surface area contributed by atoms with Crippen LogP contribution in [0.25, 0.3) is 22.3 Å². The Labute approximate surface area is 223 Å². The lowest BCUT2D eigenvalue weighted by Crippen LogP contribution is -2.50. The van der Waals surface area contributed by atoms with E-state index in [0.717, 1.165) is 47.6 Å². The van der Waals surface area contributed by atoms with Crippen LogP contribution in [0.15, 0.2) is 35.1 Å². The van der Waals surface area contributed by atoms with Gasteiger partial charge in [-0.1, -0.05) is 50.3 Å². The number of nitrogens with zero attached hydrogens (tertiary/aromatic N) is 2. The van der Waals surface area contributed by atoms with Crippen molar-refractivity contribution in [1.29, 1.82) is 0 Å². The molecule has 0 saturated heterocycles. The van der Waals surface area contributed by atoms with Gasteiger partial charge < -0.3 is 19.8 Å². The standard InChI is InChI=1S/C29H35N3O5Si/c1-5-29(37-18(2)33)23-15-25-26-21(16-32(25)27(34)22(23)17-36-28(29)35)19(11-14-38(3,4)13-8-12-30)20-9-6-7-10-24(20)31-26/h6-7,9-10,15H,5,8,11-14,16-17,30H2,1-4H3/p+1. The third-order valence-electron chi connectivity index (χ3n) is 8.15. The lowest BCUT2D eigenvalue weighted by Gasteiger charge is -2.35. The molecule has 0 saturated carbocycles. The molecule has 3 N–H and O–H groups in total. The fourth-order valence-corrected chi connectivity index (χ4v) is 8.38. The summed E-state index contributed by atoms with van der Waals surface area (Å²) < 4.78 is 12.7. The van der Waals surface area contributed by atoms with Gasteiger partial charge in [-0.25, -0.2) is 9.78 Å². The lowest BCUT2D eigenvalue weighted by atomic mass is 9.85. The summed E-state index contributed by atoms with van der Waals surface area (Å²) in [6.45, 7) is 9.14. The second-order valence-corrected chi connectivity index (χ2v) is 16.5. The summed E-state index contributed by atoms with van der Waals surface area (Å²) in [4.78, 5) is 43.8. The van der Waals surface area contributed by atoms with E-state index in [2.05, 4.69) is 24.9 Å². The molecule has 1 unspecified atom stereocenters. The molecule has 0 fully saturated rings. The summed E-state index contributed by atoms with van der Waals surface area (Å²) in [5.74, 6) is -1.25. The van der Waals surface area contributed by atoms with Gasteiger partial charge in [0.05, 0.1) is 35.6 Å². The fraction of sp³-hybridized carbons (Fsp3) is 0.448. The van der Waals surface area contributed by atoms with E-state index < -0.39 is 25.6 Å². The van der Waals surface area contributed by atoms with Gasteiger partial charge in [0.1, 0.15) is 6.61 Å². The number of aryl methyl sites for hydroxylation is 1. The molecule has 0 aliphatic carbocycles. The van der Waals surface area contributed by atoms with E-state index in [1.54, 1.807) is 11.5 Å². The number of pyridine rings is 2. The number of carbonyl (C=O) groups is 2. The van der Waals surface area contributed by atoms with Crippen LogP contribution in [0.4, 0.5) is 0 Å². The average Bonchev–Trinajstić information content (AvgIpc) is 3.25. The molecular weight excluding hydrogens is 498 g/mol. The van der Waals surface area contributed by atoms with Crippen LogP contribution in [0.3, 0.4) is 0 Å². The number of aromatic nitrogens is 2. The molecule has 8 nitrogen and oxygen atoms in total. The highest BCUT2D eigenvalue weighted by molar-refractivity contribution is 6.77. The first-order valence-corrected chi connectivity index (χ1v) is 16.9. The first-order valence-electron chi connectivity index (χ1n) is 13.5. The van der Waals surface area contributed by atoms with Crippen LogP contribution in [0.5, 0.6) is 0 Å². The summed E-state index contributed by atoms with van der Waals surface area (Å²) >= 11 is 0. The quantitative estimate of drug-likeness (QED) is 0.273. The van der Waals surface area contributed by atoms with Crippen LogP contribution < -0.4 is 11.3 Å². The maximum Gasteiger partial charge on any atom is 0.355 e. The molecule has 1 atom stereocenters. The highest BCUT2D eigenvalue weighted by atomic mass is 28.3. The Morgan fingerprint density at radius 3 is 2.68 bits per heavy atom. The number of fused-ring (bicyclic) bond motifs is 5. The largest absolute Gasteiger partial charge is 0.457 e. The minimum absolute atomic E-state index is 0.138. The Kier molecular flexibility index (Phi) is 6.77. The molecule has 3 aromatic rings. The number of esters is 2. The van der Waals surface area contributed by atoms with Gasteiger partial charge in [0, 0.05) is 31.5 Å². The summed E-state index contributed by atoms with van der Waals surface area (Å²) in [7, 11) is -1.42. The van der Waals surface area contributed by atoms with Gasteiger partial charge in [-0.2, -0.15) is 0 Å². The van der Waals surface area contributed by atoms with Crippen LogP contribution >= 0.6 is 0 Å². The predicted molar refractivity (Wildman–Crippen MR) is 147 cm³/mol. The second-order valence-electron chi connectivity index (χ2n) is 11.2. The van der Waals surface area contributed by atoms with E-state index in [9.17, 15) is 14.4 Å². The van der Waals surface area contributed by atoms with Gasteiger partial charge in [-0.3, -0.25) is 9.59 Å². The summed E-state index contributed by atoms with van der Waals surface area (Å²) in [5.41, 5.74) is 7.54. The van der Waals surface area contributed by atoms with Gasteiger partial charge in [0.15, 0.2) is 0 Å². The number of hydrogen-bond acceptors (Lipinski definition) is 6. The molecule has 0 amide bonds. The topological polar surface area (TPSA) is 115 Å². The monoisotopic (exact) mass is 534 g/mol. The Balaban J connectivity index is 1.68. The van der Waals surface area contributed by atoms with E-state index in [1.807, 2.05) is 24.3 Å². The van der Waals surface area contributed by atoms with Crippen LogP contribution in [0.1, 0.15) is 48.9 Å². The smallest absolute Gasteiger partial charge is 0.355 e. The molecule has 2 aromatic heterocycles. The van der Waals surface area contributed by atoms with Crippen LogP contribution in [-0.4, -0.2) is 36.1 Å². The Bertz CT molecular complexity index is 1510. The molecule has 2 aliphatic rings. The van der Waals surface area contributed by atoms with Crippen molar-refractivity contribution in [3.05, 3.63) is 62.9 Å². The van der Waals surface area contributed by atoms with Gasteiger partial charge in [0.25, 0.3) is 5.56 Å². The third kappa shape index (κ3) is 4.27. The normalized spacial score (nSPS) is 18.1. The van der Waals surface area contributed by atoms with E-state index in [4.69, 9.17) is 14.5 Å². The van der Waals surface area contributed by atoms with Crippen LogP contribution in [0.2, 0.25) is 25.2 Å². The van der Waals surface area contributed by atoms with Crippen LogP contribution in [-0.2, 0) is 44.2 Å². The molecule has 38 heavy (non-hydrogen) atoms. The second kappa shape index (κ2) is 9.78. The predicted octanol–water partition coefficient (Wildman–Crippen LogP) is 3.53. The highest BCUT2D eigenvalue weighted by Crippen LogP contribution is 2.42. The van der Waals surface area contributed by atoms with Crippen molar-refractivity contribution in [3.63, 3.8) is 0 Å². The molecule has 5 rings (SSSR count). The van der Waals surface area contributed by atoms with E-state index in [0.29, 0.717) is 23.4 Å². The molecule has 0 spiro atoms. The molecule has 9 heteroatoms. The maximum absolute atomic E-state index is 13.8. The minimum atomic E-state index is -1.64.